The minimum absolute atomic E-state index is 0.101. The van der Waals surface area contributed by atoms with Gasteiger partial charge >= 0.3 is 0 Å². The van der Waals surface area contributed by atoms with Gasteiger partial charge in [-0.15, -0.1) is 0 Å². The number of hydrogen-bond donors (Lipinski definition) is 0. The van der Waals surface area contributed by atoms with Crippen molar-refractivity contribution in [2.75, 3.05) is 34.2 Å². The molecule has 2 atom stereocenters. The topological polar surface area (TPSA) is 61.8 Å². The molecule has 0 saturated carbocycles. The highest BCUT2D eigenvalue weighted by Gasteiger charge is 2.29. The molecule has 7 heteroatoms. The van der Waals surface area contributed by atoms with Gasteiger partial charge in [-0.3, -0.25) is 4.99 Å². The lowest BCUT2D eigenvalue weighted by Gasteiger charge is -2.37. The van der Waals surface area contributed by atoms with Gasteiger partial charge in [0.05, 0.1) is 44.8 Å². The lowest BCUT2D eigenvalue weighted by molar-refractivity contribution is -0.0145. The summed E-state index contributed by atoms with van der Waals surface area (Å²) in [4.78, 5) is 7.42. The first-order valence-electron chi connectivity index (χ1n) is 13.2. The molecule has 0 radical (unpaired) electrons. The molecule has 37 heavy (non-hydrogen) atoms. The van der Waals surface area contributed by atoms with Gasteiger partial charge in [0.2, 0.25) is 6.79 Å². The Bertz CT molecular complexity index is 1090. The van der Waals surface area contributed by atoms with Crippen LogP contribution in [0, 0.1) is 5.92 Å². The van der Waals surface area contributed by atoms with Crippen LogP contribution in [0.4, 0.5) is 0 Å². The molecule has 0 fully saturated rings. The van der Waals surface area contributed by atoms with Crippen LogP contribution in [-0.2, 0) is 17.6 Å². The van der Waals surface area contributed by atoms with Crippen LogP contribution in [0.25, 0.3) is 0 Å². The average molecular weight is 511 g/mol. The predicted molar refractivity (Wildman–Crippen MR) is 146 cm³/mol. The Morgan fingerprint density at radius 2 is 1.78 bits per heavy atom. The number of ether oxygens (including phenoxy) is 5. The number of hydrogen-bond acceptors (Lipinski definition) is 6. The maximum absolute atomic E-state index is 6.09. The minimum Gasteiger partial charge on any atom is -0.493 e. The fraction of sp³-hybridized carbons (Fsp3) is 0.567. The van der Waals surface area contributed by atoms with Crippen molar-refractivity contribution in [1.29, 1.82) is 0 Å². The van der Waals surface area contributed by atoms with Gasteiger partial charge in [-0.2, -0.15) is 0 Å². The van der Waals surface area contributed by atoms with Gasteiger partial charge in [0.25, 0.3) is 0 Å². The molecule has 0 N–H and O–H groups in total. The zero-order valence-electron chi connectivity index (χ0n) is 23.4. The number of nitrogens with zero attached hydrogens (tertiary/aromatic N) is 2. The van der Waals surface area contributed by atoms with Gasteiger partial charge in [-0.25, -0.2) is 0 Å². The molecule has 0 spiro atoms. The van der Waals surface area contributed by atoms with Crippen molar-refractivity contribution in [3.63, 3.8) is 0 Å². The molecule has 2 heterocycles. The third-order valence-electron chi connectivity index (χ3n) is 7.05. The zero-order valence-corrected chi connectivity index (χ0v) is 23.4. The van der Waals surface area contributed by atoms with Gasteiger partial charge < -0.3 is 28.6 Å². The molecule has 7 nitrogen and oxygen atoms in total. The minimum atomic E-state index is -0.183. The molecule has 2 aliphatic rings. The smallest absolute Gasteiger partial charge is 0.231 e. The maximum atomic E-state index is 6.09. The van der Waals surface area contributed by atoms with Gasteiger partial charge in [0.15, 0.2) is 23.0 Å². The molecule has 0 bridgehead atoms. The van der Waals surface area contributed by atoms with E-state index in [1.807, 2.05) is 6.07 Å². The van der Waals surface area contributed by atoms with Crippen molar-refractivity contribution in [3.8, 4) is 23.0 Å². The number of rotatable bonds is 10. The van der Waals surface area contributed by atoms with E-state index in [1.54, 1.807) is 14.2 Å². The second-order valence-corrected chi connectivity index (χ2v) is 11.1. The fourth-order valence-corrected chi connectivity index (χ4v) is 4.82. The summed E-state index contributed by atoms with van der Waals surface area (Å²) in [5.74, 6) is 3.55. The molecular formula is C30H42N2O5. The van der Waals surface area contributed by atoms with Crippen LogP contribution in [-0.4, -0.2) is 57.0 Å². The lowest BCUT2D eigenvalue weighted by Crippen LogP contribution is -2.36. The van der Waals surface area contributed by atoms with E-state index < -0.39 is 0 Å². The molecule has 2 aliphatic heterocycles. The monoisotopic (exact) mass is 510 g/mol. The van der Waals surface area contributed by atoms with Gasteiger partial charge in [0, 0.05) is 6.54 Å². The van der Waals surface area contributed by atoms with Crippen molar-refractivity contribution >= 4 is 6.34 Å². The van der Waals surface area contributed by atoms with E-state index in [0.29, 0.717) is 12.5 Å². The highest BCUT2D eigenvalue weighted by molar-refractivity contribution is 5.59. The van der Waals surface area contributed by atoms with E-state index >= 15 is 0 Å². The van der Waals surface area contributed by atoms with Crippen LogP contribution in [0.3, 0.4) is 0 Å². The summed E-state index contributed by atoms with van der Waals surface area (Å²) in [6, 6.07) is 10.8. The molecule has 0 aliphatic carbocycles. The lowest BCUT2D eigenvalue weighted by atomic mass is 9.88. The summed E-state index contributed by atoms with van der Waals surface area (Å²) in [6.45, 7) is 12.5. The summed E-state index contributed by atoms with van der Waals surface area (Å²) >= 11 is 0. The van der Waals surface area contributed by atoms with Crippen LogP contribution >= 0.6 is 0 Å². The van der Waals surface area contributed by atoms with Crippen LogP contribution < -0.4 is 18.9 Å². The Kier molecular flexibility index (Phi) is 8.53. The molecule has 0 unspecified atom stereocenters. The molecule has 0 aromatic heterocycles. The average Bonchev–Trinajstić information content (AvgIpc) is 3.32. The van der Waals surface area contributed by atoms with E-state index in [1.165, 1.54) is 16.7 Å². The Balaban J connectivity index is 1.58. The highest BCUT2D eigenvalue weighted by Crippen LogP contribution is 2.42. The van der Waals surface area contributed by atoms with Crippen molar-refractivity contribution in [3.05, 3.63) is 47.0 Å². The molecule has 2 aromatic rings. The van der Waals surface area contributed by atoms with E-state index in [2.05, 4.69) is 70.1 Å². The van der Waals surface area contributed by atoms with Crippen molar-refractivity contribution in [2.24, 2.45) is 10.9 Å². The number of fused-ring (bicyclic) bond motifs is 2. The van der Waals surface area contributed by atoms with Gasteiger partial charge in [-0.1, -0.05) is 19.9 Å². The molecule has 4 rings (SSSR count). The molecule has 0 saturated heterocycles. The van der Waals surface area contributed by atoms with Crippen molar-refractivity contribution in [1.82, 2.24) is 4.90 Å². The van der Waals surface area contributed by atoms with E-state index in [9.17, 15) is 0 Å². The maximum Gasteiger partial charge on any atom is 0.231 e. The second-order valence-electron chi connectivity index (χ2n) is 11.1. The number of aliphatic imine (C=N–C) groups is 1. The SMILES string of the molecule is COc1ccc(CC[C@@H]2c3cc4c(cc3CCN2C=N[C@H](COC(C)(C)C)C(C)C)OCO4)cc1OC. The van der Waals surface area contributed by atoms with E-state index in [4.69, 9.17) is 28.7 Å². The predicted octanol–water partition coefficient (Wildman–Crippen LogP) is 5.83. The Hall–Kier alpha value is -2.93. The largest absolute Gasteiger partial charge is 0.493 e. The van der Waals surface area contributed by atoms with Gasteiger partial charge in [0.1, 0.15) is 0 Å². The summed E-state index contributed by atoms with van der Waals surface area (Å²) in [6.07, 6.45) is 4.82. The highest BCUT2D eigenvalue weighted by atomic mass is 16.7. The zero-order chi connectivity index (χ0) is 26.6. The Labute approximate surface area is 221 Å². The summed E-state index contributed by atoms with van der Waals surface area (Å²) in [7, 11) is 3.34. The standard InChI is InChI=1S/C30H42N2O5/c1-20(2)24(17-37-30(3,4)5)31-18-32-13-12-22-15-28-29(36-19-35-28)16-23(22)25(32)10-8-21-9-11-26(33-6)27(14-21)34-7/h9,11,14-16,18,20,24-25H,8,10,12-13,17,19H2,1-7H3/t24-,25-/m1/s1. The molecule has 0 amide bonds. The number of aryl methyl sites for hydroxylation is 1. The number of methoxy groups -OCH3 is 2. The van der Waals surface area contributed by atoms with Crippen LogP contribution in [0.15, 0.2) is 35.3 Å². The van der Waals surface area contributed by atoms with Crippen molar-refractivity contribution in [2.45, 2.75) is 71.6 Å². The van der Waals surface area contributed by atoms with E-state index in [-0.39, 0.29) is 24.5 Å². The van der Waals surface area contributed by atoms with Crippen molar-refractivity contribution < 1.29 is 23.7 Å². The quantitative estimate of drug-likeness (QED) is 0.296. The third-order valence-corrected chi connectivity index (χ3v) is 7.05. The molecule has 2 aromatic carbocycles. The normalized spacial score (nSPS) is 17.8. The molecule has 202 valence electrons. The first-order chi connectivity index (χ1) is 17.7. The fourth-order valence-electron chi connectivity index (χ4n) is 4.82. The Morgan fingerprint density at radius 3 is 2.46 bits per heavy atom. The summed E-state index contributed by atoms with van der Waals surface area (Å²) < 4.78 is 28.4. The number of benzene rings is 2. The van der Waals surface area contributed by atoms with Crippen LogP contribution in [0.1, 0.15) is 63.8 Å². The van der Waals surface area contributed by atoms with E-state index in [0.717, 1.165) is 48.8 Å². The second kappa shape index (κ2) is 11.6. The van der Waals surface area contributed by atoms with Crippen LogP contribution in [0.5, 0.6) is 23.0 Å². The first kappa shape index (κ1) is 27.1. The molecular weight excluding hydrogens is 468 g/mol. The van der Waals surface area contributed by atoms with Gasteiger partial charge in [-0.05, 0) is 86.9 Å². The Morgan fingerprint density at radius 1 is 1.05 bits per heavy atom. The van der Waals surface area contributed by atoms with Crippen LogP contribution in [0.2, 0.25) is 0 Å². The summed E-state index contributed by atoms with van der Waals surface area (Å²) in [5.41, 5.74) is 3.63. The third kappa shape index (κ3) is 6.69. The summed E-state index contributed by atoms with van der Waals surface area (Å²) in [5, 5.41) is 0. The first-order valence-corrected chi connectivity index (χ1v) is 13.2.